The van der Waals surface area contributed by atoms with Gasteiger partial charge in [-0.2, -0.15) is 8.42 Å². The van der Waals surface area contributed by atoms with Crippen molar-refractivity contribution in [3.8, 4) is 0 Å². The standard InChI is InChI=1S/C9H18FNO3S/c10-8(6-15(12,13)14)9(11)7-4-2-1-3-5-7/h7-9H,1-6,11H2,(H,12,13,14)/t8-,9-/m0/s1. The van der Waals surface area contributed by atoms with Crippen molar-refractivity contribution in [3.05, 3.63) is 0 Å². The Morgan fingerprint density at radius 1 is 1.33 bits per heavy atom. The third-order valence-electron chi connectivity index (χ3n) is 2.98. The van der Waals surface area contributed by atoms with Crippen molar-refractivity contribution in [3.63, 3.8) is 0 Å². The molecular weight excluding hydrogens is 221 g/mol. The number of nitrogens with two attached hydrogens (primary N) is 1. The molecule has 6 heteroatoms. The van der Waals surface area contributed by atoms with E-state index in [1.807, 2.05) is 0 Å². The van der Waals surface area contributed by atoms with Crippen molar-refractivity contribution in [2.24, 2.45) is 11.7 Å². The lowest BCUT2D eigenvalue weighted by Gasteiger charge is -2.29. The van der Waals surface area contributed by atoms with E-state index in [1.54, 1.807) is 0 Å². The highest BCUT2D eigenvalue weighted by atomic mass is 32.2. The molecule has 0 amide bonds. The highest BCUT2D eigenvalue weighted by Gasteiger charge is 2.30. The average Bonchev–Trinajstić information content (AvgIpc) is 2.15. The second-order valence-corrected chi connectivity index (χ2v) is 5.74. The van der Waals surface area contributed by atoms with Gasteiger partial charge in [-0.05, 0) is 18.8 Å². The summed E-state index contributed by atoms with van der Waals surface area (Å²) in [5, 5.41) is 0. The van der Waals surface area contributed by atoms with Gasteiger partial charge in [-0.1, -0.05) is 19.3 Å². The lowest BCUT2D eigenvalue weighted by Crippen LogP contribution is -2.43. The van der Waals surface area contributed by atoms with Crippen LogP contribution in [0.4, 0.5) is 4.39 Å². The van der Waals surface area contributed by atoms with Crippen LogP contribution in [0.25, 0.3) is 0 Å². The number of alkyl halides is 1. The summed E-state index contributed by atoms with van der Waals surface area (Å²) >= 11 is 0. The zero-order valence-electron chi connectivity index (χ0n) is 8.60. The van der Waals surface area contributed by atoms with Crippen molar-refractivity contribution in [2.75, 3.05) is 5.75 Å². The van der Waals surface area contributed by atoms with Gasteiger partial charge in [0, 0.05) is 6.04 Å². The summed E-state index contributed by atoms with van der Waals surface area (Å²) in [6.45, 7) is 0. The summed E-state index contributed by atoms with van der Waals surface area (Å²) in [7, 11) is -4.26. The molecule has 1 fully saturated rings. The van der Waals surface area contributed by atoms with Gasteiger partial charge in [0.25, 0.3) is 10.1 Å². The third kappa shape index (κ3) is 4.44. The van der Waals surface area contributed by atoms with Gasteiger partial charge in [-0.3, -0.25) is 4.55 Å². The molecule has 0 unspecified atom stereocenters. The Balaban J connectivity index is 2.47. The first-order chi connectivity index (χ1) is 6.90. The summed E-state index contributed by atoms with van der Waals surface area (Å²) in [6, 6.07) is -0.771. The fraction of sp³-hybridized carbons (Fsp3) is 1.00. The Kier molecular flexibility index (Phi) is 4.48. The Labute approximate surface area is 89.8 Å². The van der Waals surface area contributed by atoms with E-state index in [0.717, 1.165) is 32.1 Å². The maximum Gasteiger partial charge on any atom is 0.267 e. The van der Waals surface area contributed by atoms with Gasteiger partial charge < -0.3 is 5.73 Å². The highest BCUT2D eigenvalue weighted by molar-refractivity contribution is 7.85. The van der Waals surface area contributed by atoms with E-state index in [1.165, 1.54) is 0 Å². The van der Waals surface area contributed by atoms with Crippen LogP contribution in [0.3, 0.4) is 0 Å². The van der Waals surface area contributed by atoms with Crippen LogP contribution in [-0.2, 0) is 10.1 Å². The first-order valence-corrected chi connectivity index (χ1v) is 6.86. The van der Waals surface area contributed by atoms with Gasteiger partial charge in [0.2, 0.25) is 0 Å². The van der Waals surface area contributed by atoms with Crippen molar-refractivity contribution in [1.29, 1.82) is 0 Å². The minimum Gasteiger partial charge on any atom is -0.325 e. The molecule has 4 nitrogen and oxygen atoms in total. The number of hydrogen-bond acceptors (Lipinski definition) is 3. The van der Waals surface area contributed by atoms with E-state index < -0.39 is 28.1 Å². The molecule has 3 N–H and O–H groups in total. The molecule has 1 aliphatic rings. The molecule has 2 atom stereocenters. The van der Waals surface area contributed by atoms with Crippen LogP contribution in [0.2, 0.25) is 0 Å². The normalized spacial score (nSPS) is 23.7. The molecule has 0 saturated heterocycles. The molecule has 0 bridgehead atoms. The maximum absolute atomic E-state index is 13.4. The van der Waals surface area contributed by atoms with Gasteiger partial charge in [0.15, 0.2) is 0 Å². The molecule has 0 spiro atoms. The number of rotatable bonds is 4. The van der Waals surface area contributed by atoms with Gasteiger partial charge in [-0.15, -0.1) is 0 Å². The van der Waals surface area contributed by atoms with E-state index in [9.17, 15) is 12.8 Å². The van der Waals surface area contributed by atoms with Crippen LogP contribution in [0.1, 0.15) is 32.1 Å². The number of halogens is 1. The first kappa shape index (κ1) is 12.9. The van der Waals surface area contributed by atoms with Crippen LogP contribution in [0, 0.1) is 5.92 Å². The first-order valence-electron chi connectivity index (χ1n) is 5.25. The van der Waals surface area contributed by atoms with E-state index in [0.29, 0.717) is 0 Å². The average molecular weight is 239 g/mol. The van der Waals surface area contributed by atoms with E-state index in [-0.39, 0.29) is 5.92 Å². The topological polar surface area (TPSA) is 80.4 Å². The minimum atomic E-state index is -4.26. The predicted octanol–water partition coefficient (Wildman–Crippen LogP) is 1.12. The van der Waals surface area contributed by atoms with Crippen LogP contribution in [0.5, 0.6) is 0 Å². The Morgan fingerprint density at radius 2 is 1.87 bits per heavy atom. The Bertz CT molecular complexity index is 288. The van der Waals surface area contributed by atoms with Crippen LogP contribution in [0.15, 0.2) is 0 Å². The Hall–Kier alpha value is -0.200. The van der Waals surface area contributed by atoms with Crippen LogP contribution >= 0.6 is 0 Å². The molecule has 0 radical (unpaired) electrons. The zero-order valence-corrected chi connectivity index (χ0v) is 9.42. The number of hydrogen-bond donors (Lipinski definition) is 2. The molecule has 1 rings (SSSR count). The molecule has 0 aliphatic heterocycles. The second kappa shape index (κ2) is 5.23. The molecule has 90 valence electrons. The van der Waals surface area contributed by atoms with Gasteiger partial charge in [0.05, 0.1) is 0 Å². The maximum atomic E-state index is 13.4. The molecule has 0 aromatic rings. The SMILES string of the molecule is N[C@@H](C1CCCCC1)[C@@H](F)CS(=O)(=O)O. The van der Waals surface area contributed by atoms with Crippen molar-refractivity contribution < 1.29 is 17.4 Å². The predicted molar refractivity (Wildman–Crippen MR) is 55.9 cm³/mol. The fourth-order valence-corrected chi connectivity index (χ4v) is 2.75. The van der Waals surface area contributed by atoms with Crippen LogP contribution < -0.4 is 5.73 Å². The monoisotopic (exact) mass is 239 g/mol. The summed E-state index contributed by atoms with van der Waals surface area (Å²) in [6.07, 6.45) is 3.23. The van der Waals surface area contributed by atoms with Crippen molar-refractivity contribution in [2.45, 2.75) is 44.3 Å². The molecule has 1 saturated carbocycles. The minimum absolute atomic E-state index is 0.0514. The fourth-order valence-electron chi connectivity index (χ4n) is 2.13. The highest BCUT2D eigenvalue weighted by Crippen LogP contribution is 2.27. The Morgan fingerprint density at radius 3 is 2.33 bits per heavy atom. The molecule has 0 aromatic carbocycles. The molecule has 1 aliphatic carbocycles. The molecule has 0 heterocycles. The molecule has 15 heavy (non-hydrogen) atoms. The summed E-state index contributed by atoms with van der Waals surface area (Å²) < 4.78 is 42.9. The van der Waals surface area contributed by atoms with E-state index in [4.69, 9.17) is 10.3 Å². The third-order valence-corrected chi connectivity index (χ3v) is 3.72. The molecule has 0 aromatic heterocycles. The van der Waals surface area contributed by atoms with Crippen molar-refractivity contribution >= 4 is 10.1 Å². The lowest BCUT2D eigenvalue weighted by molar-refractivity contribution is 0.206. The lowest BCUT2D eigenvalue weighted by atomic mass is 9.83. The van der Waals surface area contributed by atoms with E-state index >= 15 is 0 Å². The summed E-state index contributed by atoms with van der Waals surface area (Å²) in [5.74, 6) is -0.833. The smallest absolute Gasteiger partial charge is 0.267 e. The zero-order chi connectivity index (χ0) is 11.5. The van der Waals surface area contributed by atoms with Crippen molar-refractivity contribution in [1.82, 2.24) is 0 Å². The van der Waals surface area contributed by atoms with E-state index in [2.05, 4.69) is 0 Å². The van der Waals surface area contributed by atoms with Crippen LogP contribution in [-0.4, -0.2) is 30.9 Å². The van der Waals surface area contributed by atoms with Gasteiger partial charge in [0.1, 0.15) is 11.9 Å². The van der Waals surface area contributed by atoms with Gasteiger partial charge in [-0.25, -0.2) is 4.39 Å². The summed E-state index contributed by atoms with van der Waals surface area (Å²) in [5.41, 5.74) is 5.65. The molecular formula is C9H18FNO3S. The quantitative estimate of drug-likeness (QED) is 0.720. The second-order valence-electron chi connectivity index (χ2n) is 4.24. The van der Waals surface area contributed by atoms with Gasteiger partial charge >= 0.3 is 0 Å². The largest absolute Gasteiger partial charge is 0.325 e. The summed E-state index contributed by atoms with van der Waals surface area (Å²) in [4.78, 5) is 0.